The number of rotatable bonds is 4. The fraction of sp³-hybridized carbons (Fsp3) is 0.382. The normalized spacial score (nSPS) is 12.2. The molecule has 1 N–H and O–H groups in total. The molecule has 0 saturated carbocycles. The number of carbonyl (C=O) groups is 1. The number of aromatic nitrogens is 4. The summed E-state index contributed by atoms with van der Waals surface area (Å²) in [6, 6.07) is 8.58. The molecule has 0 aliphatic carbocycles. The van der Waals surface area contributed by atoms with Crippen molar-refractivity contribution >= 4 is 52.3 Å². The molecule has 0 fully saturated rings. The molecule has 0 amide bonds. The van der Waals surface area contributed by atoms with E-state index < -0.39 is 5.97 Å². The summed E-state index contributed by atoms with van der Waals surface area (Å²) in [5.74, 6) is 0.314. The van der Waals surface area contributed by atoms with Crippen molar-refractivity contribution in [3.8, 4) is 0 Å². The molecule has 0 spiro atoms. The molecule has 0 saturated heterocycles. The topological polar surface area (TPSA) is 91.3 Å². The molecule has 5 heterocycles. The minimum atomic E-state index is -0.833. The Bertz CT molecular complexity index is 1430. The van der Waals surface area contributed by atoms with Crippen molar-refractivity contribution in [1.29, 1.82) is 0 Å². The largest absolute Gasteiger partial charge is 2.00 e. The van der Waals surface area contributed by atoms with Gasteiger partial charge in [-0.25, -0.2) is 9.97 Å². The van der Waals surface area contributed by atoms with Gasteiger partial charge in [-0.15, -0.1) is 22.1 Å². The fourth-order valence-corrected chi connectivity index (χ4v) is 5.54. The van der Waals surface area contributed by atoms with Gasteiger partial charge in [0, 0.05) is 6.92 Å². The molecule has 0 unspecified atom stereocenters. The van der Waals surface area contributed by atoms with E-state index >= 15 is 0 Å². The molecule has 3 aromatic heterocycles. The third kappa shape index (κ3) is 6.74. The van der Waals surface area contributed by atoms with E-state index in [1.54, 1.807) is 0 Å². The molecule has 2 aliphatic heterocycles. The van der Waals surface area contributed by atoms with Crippen LogP contribution in [0.1, 0.15) is 131 Å². The maximum Gasteiger partial charge on any atom is 2.00 e. The summed E-state index contributed by atoms with van der Waals surface area (Å²) in [5, 5.41) is 7.42. The Kier molecular flexibility index (Phi) is 10.2. The monoisotopic (exact) mass is 591 g/mol. The first kappa shape index (κ1) is 32.1. The van der Waals surface area contributed by atoms with Gasteiger partial charge in [0.2, 0.25) is 0 Å². The van der Waals surface area contributed by atoms with Gasteiger partial charge in [-0.05, 0) is 70.2 Å². The second-order valence-corrected chi connectivity index (χ2v) is 11.7. The van der Waals surface area contributed by atoms with Crippen LogP contribution in [0.25, 0.3) is 46.4 Å². The van der Waals surface area contributed by atoms with E-state index in [1.165, 1.54) is 22.3 Å². The van der Waals surface area contributed by atoms with Crippen molar-refractivity contribution in [1.82, 2.24) is 19.9 Å². The first-order valence-electron chi connectivity index (χ1n) is 14.1. The average Bonchev–Trinajstić information content (AvgIpc) is 3.63. The van der Waals surface area contributed by atoms with Crippen LogP contribution in [0.15, 0.2) is 24.3 Å². The predicted molar refractivity (Wildman–Crippen MR) is 166 cm³/mol. The van der Waals surface area contributed by atoms with Crippen LogP contribution in [-0.4, -0.2) is 21.0 Å². The summed E-state index contributed by atoms with van der Waals surface area (Å²) in [6.07, 6.45) is 8.58. The summed E-state index contributed by atoms with van der Waals surface area (Å²) in [5.41, 5.74) is 12.7. The fourth-order valence-electron chi connectivity index (χ4n) is 5.54. The first-order chi connectivity index (χ1) is 18.9. The number of carboxylic acids is 1. The number of nitrogens with zero attached hydrogens (tertiary/aromatic N) is 4. The average molecular weight is 592 g/mol. The summed E-state index contributed by atoms with van der Waals surface area (Å²) in [7, 11) is 0. The van der Waals surface area contributed by atoms with Crippen molar-refractivity contribution in [3.63, 3.8) is 0 Å². The van der Waals surface area contributed by atoms with Gasteiger partial charge in [-0.3, -0.25) is 4.79 Å². The molecule has 3 aromatic rings. The Morgan fingerprint density at radius 2 is 0.756 bits per heavy atom. The smallest absolute Gasteiger partial charge is 0.657 e. The van der Waals surface area contributed by atoms with Gasteiger partial charge < -0.3 is 15.1 Å². The van der Waals surface area contributed by atoms with E-state index in [0.717, 1.165) is 51.8 Å². The van der Waals surface area contributed by atoms with Crippen molar-refractivity contribution in [2.75, 3.05) is 0 Å². The van der Waals surface area contributed by atoms with E-state index in [-0.39, 0.29) is 40.7 Å². The molecule has 5 rings (SSSR count). The second kappa shape index (κ2) is 13.1. The van der Waals surface area contributed by atoms with Gasteiger partial charge >= 0.3 is 17.1 Å². The molecule has 1 radical (unpaired) electrons. The molecular weight excluding hydrogens is 551 g/mol. The molecule has 6 nitrogen and oxygen atoms in total. The van der Waals surface area contributed by atoms with E-state index in [2.05, 4.69) is 104 Å². The van der Waals surface area contributed by atoms with Crippen molar-refractivity contribution in [2.45, 2.75) is 86.0 Å². The predicted octanol–water partition coefficient (Wildman–Crippen LogP) is 8.50. The zero-order valence-corrected chi connectivity index (χ0v) is 26.6. The molecule has 215 valence electrons. The minimum absolute atomic E-state index is 0. The molecule has 0 aromatic carbocycles. The Morgan fingerprint density at radius 3 is 0.927 bits per heavy atom. The molecule has 41 heavy (non-hydrogen) atoms. The third-order valence-electron chi connectivity index (χ3n) is 7.08. The Labute approximate surface area is 253 Å². The van der Waals surface area contributed by atoms with Crippen molar-refractivity contribution in [3.05, 3.63) is 69.3 Å². The van der Waals surface area contributed by atoms with Crippen molar-refractivity contribution < 1.29 is 27.0 Å². The molecule has 2 aliphatic rings. The zero-order valence-electron chi connectivity index (χ0n) is 25.5. The molecule has 0 atom stereocenters. The van der Waals surface area contributed by atoms with Crippen LogP contribution >= 0.6 is 0 Å². The summed E-state index contributed by atoms with van der Waals surface area (Å²) < 4.78 is 0. The Hall–Kier alpha value is -3.41. The van der Waals surface area contributed by atoms with Crippen LogP contribution in [-0.2, 0) is 21.9 Å². The number of aliphatic carboxylic acids is 1. The van der Waals surface area contributed by atoms with E-state index in [9.17, 15) is 0 Å². The quantitative estimate of drug-likeness (QED) is 0.211. The van der Waals surface area contributed by atoms with Gasteiger partial charge in [-0.1, -0.05) is 79.7 Å². The van der Waals surface area contributed by atoms with Gasteiger partial charge in [0.05, 0.1) is 22.8 Å². The summed E-state index contributed by atoms with van der Waals surface area (Å²) in [4.78, 5) is 29.6. The summed E-state index contributed by atoms with van der Waals surface area (Å²) >= 11 is 0. The Morgan fingerprint density at radius 1 is 0.561 bits per heavy atom. The SMILES string of the molecule is CC(=O)O.CC(C)c1c2nc(c(C(C)C)c3ccc([n-]3)c(C(C)C)c3nc(c(C(C)C)c4ccc1[n-]4)C=C3)C=C2.[Mn+2]. The van der Waals surface area contributed by atoms with Crippen LogP contribution in [0.5, 0.6) is 0 Å². The second-order valence-electron chi connectivity index (χ2n) is 11.7. The van der Waals surface area contributed by atoms with Crippen LogP contribution in [0.2, 0.25) is 0 Å². The first-order valence-corrected chi connectivity index (χ1v) is 14.1. The van der Waals surface area contributed by atoms with E-state index in [0.29, 0.717) is 0 Å². The standard InChI is InChI=1S/C32H36N4.C2H4O2.Mn/c1-17(2)29-21-9-11-23(33-21)30(18(3)4)25-13-15-27(35-25)32(20(7)8)28-16-14-26(36-28)31(19(5)6)24-12-10-22(29)34-24;1-2(3)4;/h9-20H,1-8H3;1H3,(H,3,4);/q-2;;+2. The Balaban J connectivity index is 0.000000869. The number of fused-ring (bicyclic) bond motifs is 8. The molecular formula is C34H40MnN4O2. The minimum Gasteiger partial charge on any atom is -0.657 e. The van der Waals surface area contributed by atoms with Gasteiger partial charge in [0.1, 0.15) is 0 Å². The van der Waals surface area contributed by atoms with Crippen LogP contribution in [0.3, 0.4) is 0 Å². The third-order valence-corrected chi connectivity index (χ3v) is 7.08. The van der Waals surface area contributed by atoms with Crippen LogP contribution in [0.4, 0.5) is 0 Å². The molecule has 7 heteroatoms. The van der Waals surface area contributed by atoms with Gasteiger partial charge in [-0.2, -0.15) is 0 Å². The zero-order chi connectivity index (χ0) is 29.3. The number of hydrogen-bond donors (Lipinski definition) is 1. The number of hydrogen-bond acceptors (Lipinski definition) is 3. The van der Waals surface area contributed by atoms with Crippen molar-refractivity contribution in [2.24, 2.45) is 0 Å². The maximum atomic E-state index is 9.00. The molecule has 8 bridgehead atoms. The van der Waals surface area contributed by atoms with Crippen LogP contribution < -0.4 is 9.97 Å². The summed E-state index contributed by atoms with van der Waals surface area (Å²) in [6.45, 7) is 18.8. The van der Waals surface area contributed by atoms with E-state index in [4.69, 9.17) is 29.8 Å². The van der Waals surface area contributed by atoms with Gasteiger partial charge in [0.15, 0.2) is 0 Å². The van der Waals surface area contributed by atoms with Gasteiger partial charge in [0.25, 0.3) is 5.97 Å². The number of carboxylic acid groups (broad SMARTS) is 1. The van der Waals surface area contributed by atoms with E-state index in [1.807, 2.05) is 0 Å². The maximum absolute atomic E-state index is 9.00. The van der Waals surface area contributed by atoms with Crippen LogP contribution in [0, 0.1) is 0 Å².